The zero-order valence-corrected chi connectivity index (χ0v) is 19.5. The average molecular weight is 516 g/mol. The summed E-state index contributed by atoms with van der Waals surface area (Å²) in [6, 6.07) is 12.0. The summed E-state index contributed by atoms with van der Waals surface area (Å²) < 4.78 is 5.48. The molecule has 0 amide bonds. The van der Waals surface area contributed by atoms with Crippen molar-refractivity contribution in [2.24, 2.45) is 4.99 Å². The number of nitrogens with one attached hydrogen (secondary N) is 2. The Morgan fingerprint density at radius 1 is 1.36 bits per heavy atom. The molecule has 2 N–H and O–H groups in total. The lowest BCUT2D eigenvalue weighted by Crippen LogP contribution is -2.44. The normalized spacial score (nSPS) is 16.5. The maximum atomic E-state index is 6.17. The predicted molar refractivity (Wildman–Crippen MR) is 126 cm³/mol. The molecule has 152 valence electrons. The monoisotopic (exact) mass is 515 g/mol. The van der Waals surface area contributed by atoms with Gasteiger partial charge in [0.15, 0.2) is 5.96 Å². The van der Waals surface area contributed by atoms with Crippen molar-refractivity contribution in [2.45, 2.75) is 25.9 Å². The number of nitrogens with zero attached hydrogens (tertiary/aromatic N) is 3. The molecule has 0 bridgehead atoms. The number of guanidine groups is 1. The Balaban J connectivity index is 0.00000280. The van der Waals surface area contributed by atoms with Crippen LogP contribution in [-0.2, 0) is 6.54 Å². The molecule has 3 rings (SSSR count). The van der Waals surface area contributed by atoms with Crippen LogP contribution in [0.15, 0.2) is 41.4 Å². The number of hydrogen-bond acceptors (Lipinski definition) is 4. The predicted octanol–water partition coefficient (Wildman–Crippen LogP) is 3.61. The van der Waals surface area contributed by atoms with E-state index in [0.717, 1.165) is 48.3 Å². The van der Waals surface area contributed by atoms with E-state index in [1.54, 1.807) is 14.2 Å². The minimum absolute atomic E-state index is 0. The molecule has 1 aromatic carbocycles. The fraction of sp³-hybridized carbons (Fsp3) is 0.400. The third-order valence-electron chi connectivity index (χ3n) is 4.62. The van der Waals surface area contributed by atoms with E-state index in [1.807, 2.05) is 43.3 Å². The molecule has 28 heavy (non-hydrogen) atoms. The topological polar surface area (TPSA) is 61.8 Å². The van der Waals surface area contributed by atoms with E-state index in [9.17, 15) is 0 Å². The molecule has 1 unspecified atom stereocenters. The number of aromatic nitrogens is 1. The molecule has 1 aromatic heterocycles. The fourth-order valence-corrected chi connectivity index (χ4v) is 3.43. The molecule has 1 aliphatic heterocycles. The highest BCUT2D eigenvalue weighted by atomic mass is 127. The maximum Gasteiger partial charge on any atom is 0.191 e. The third-order valence-corrected chi connectivity index (χ3v) is 4.85. The van der Waals surface area contributed by atoms with Gasteiger partial charge < -0.3 is 20.3 Å². The van der Waals surface area contributed by atoms with Crippen molar-refractivity contribution >= 4 is 47.2 Å². The van der Waals surface area contributed by atoms with E-state index in [1.165, 1.54) is 0 Å². The lowest BCUT2D eigenvalue weighted by Gasteiger charge is -2.22. The number of rotatable bonds is 5. The summed E-state index contributed by atoms with van der Waals surface area (Å²) in [5, 5.41) is 7.55. The first-order valence-corrected chi connectivity index (χ1v) is 9.45. The summed E-state index contributed by atoms with van der Waals surface area (Å²) in [4.78, 5) is 11.1. The van der Waals surface area contributed by atoms with E-state index >= 15 is 0 Å². The van der Waals surface area contributed by atoms with Crippen molar-refractivity contribution < 1.29 is 4.74 Å². The summed E-state index contributed by atoms with van der Waals surface area (Å²) in [5.74, 6) is 1.62. The van der Waals surface area contributed by atoms with E-state index in [2.05, 4.69) is 25.5 Å². The molecule has 2 aromatic rings. The molecule has 1 fully saturated rings. The van der Waals surface area contributed by atoms with E-state index in [4.69, 9.17) is 16.3 Å². The van der Waals surface area contributed by atoms with Crippen molar-refractivity contribution in [1.29, 1.82) is 0 Å². The van der Waals surface area contributed by atoms with Crippen molar-refractivity contribution in [3.8, 4) is 5.75 Å². The van der Waals surface area contributed by atoms with Gasteiger partial charge >= 0.3 is 0 Å². The molecule has 0 saturated carbocycles. The Morgan fingerprint density at radius 2 is 2.18 bits per heavy atom. The summed E-state index contributed by atoms with van der Waals surface area (Å²) in [6.07, 6.45) is 1.01. The summed E-state index contributed by atoms with van der Waals surface area (Å²) in [5.41, 5.74) is 3.04. The molecule has 0 aliphatic carbocycles. The molecular formula is C20H27ClIN5O. The number of anilines is 1. The summed E-state index contributed by atoms with van der Waals surface area (Å²) in [7, 11) is 3.47. The molecule has 2 heterocycles. The van der Waals surface area contributed by atoms with Gasteiger partial charge in [0.05, 0.1) is 25.0 Å². The molecule has 6 nitrogen and oxygen atoms in total. The van der Waals surface area contributed by atoms with Crippen molar-refractivity contribution in [2.75, 3.05) is 32.1 Å². The van der Waals surface area contributed by atoms with Gasteiger partial charge in [-0.05, 0) is 43.7 Å². The Morgan fingerprint density at radius 3 is 2.89 bits per heavy atom. The molecule has 1 atom stereocenters. The quantitative estimate of drug-likeness (QED) is 0.362. The Hall–Kier alpha value is -1.74. The smallest absolute Gasteiger partial charge is 0.191 e. The second-order valence-corrected chi connectivity index (χ2v) is 7.02. The van der Waals surface area contributed by atoms with Gasteiger partial charge in [-0.3, -0.25) is 9.98 Å². The van der Waals surface area contributed by atoms with Crippen LogP contribution in [-0.4, -0.2) is 44.2 Å². The highest BCUT2D eigenvalue weighted by molar-refractivity contribution is 14.0. The lowest BCUT2D eigenvalue weighted by atomic mass is 10.2. The van der Waals surface area contributed by atoms with E-state index in [0.29, 0.717) is 17.6 Å². The number of methoxy groups -OCH3 is 1. The van der Waals surface area contributed by atoms with Crippen LogP contribution >= 0.6 is 35.6 Å². The largest absolute Gasteiger partial charge is 0.495 e. The van der Waals surface area contributed by atoms with E-state index in [-0.39, 0.29) is 24.0 Å². The second-order valence-electron chi connectivity index (χ2n) is 6.59. The zero-order chi connectivity index (χ0) is 19.2. The zero-order valence-electron chi connectivity index (χ0n) is 16.4. The maximum absolute atomic E-state index is 6.17. The number of aryl methyl sites for hydroxylation is 1. The second kappa shape index (κ2) is 10.7. The van der Waals surface area contributed by atoms with Gasteiger partial charge in [0.25, 0.3) is 0 Å². The minimum atomic E-state index is 0. The fourth-order valence-electron chi connectivity index (χ4n) is 3.27. The molecule has 8 heteroatoms. The van der Waals surface area contributed by atoms with Crippen molar-refractivity contribution in [3.63, 3.8) is 0 Å². The van der Waals surface area contributed by atoms with Crippen LogP contribution in [0, 0.1) is 6.92 Å². The van der Waals surface area contributed by atoms with Crippen LogP contribution < -0.4 is 20.3 Å². The van der Waals surface area contributed by atoms with E-state index < -0.39 is 0 Å². The Kier molecular flexibility index (Phi) is 8.62. The van der Waals surface area contributed by atoms with Crippen LogP contribution in [0.2, 0.25) is 5.02 Å². The first kappa shape index (κ1) is 22.5. The van der Waals surface area contributed by atoms with Crippen molar-refractivity contribution in [1.82, 2.24) is 15.6 Å². The van der Waals surface area contributed by atoms with Gasteiger partial charge in [-0.25, -0.2) is 0 Å². The van der Waals surface area contributed by atoms with Crippen molar-refractivity contribution in [3.05, 3.63) is 52.8 Å². The number of halogens is 2. The molecule has 0 spiro atoms. The van der Waals surface area contributed by atoms with Crippen LogP contribution in [0.25, 0.3) is 0 Å². The number of pyridine rings is 1. The van der Waals surface area contributed by atoms with Gasteiger partial charge in [0.2, 0.25) is 0 Å². The lowest BCUT2D eigenvalue weighted by molar-refractivity contribution is 0.415. The van der Waals surface area contributed by atoms with Gasteiger partial charge in [0.1, 0.15) is 5.75 Å². The minimum Gasteiger partial charge on any atom is -0.495 e. The van der Waals surface area contributed by atoms with Gasteiger partial charge in [-0.15, -0.1) is 24.0 Å². The summed E-state index contributed by atoms with van der Waals surface area (Å²) >= 11 is 6.17. The molecule has 0 radical (unpaired) electrons. The average Bonchev–Trinajstić information content (AvgIpc) is 3.13. The third kappa shape index (κ3) is 5.88. The van der Waals surface area contributed by atoms with Crippen LogP contribution in [0.5, 0.6) is 5.75 Å². The molecular weight excluding hydrogens is 489 g/mol. The highest BCUT2D eigenvalue weighted by Crippen LogP contribution is 2.33. The van der Waals surface area contributed by atoms with Gasteiger partial charge in [-0.1, -0.05) is 17.7 Å². The number of hydrogen-bond donors (Lipinski definition) is 2. The number of ether oxygens (including phenoxy) is 1. The first-order valence-electron chi connectivity index (χ1n) is 9.07. The number of aliphatic imine (C=N–C) groups is 1. The van der Waals surface area contributed by atoms with Crippen LogP contribution in [0.3, 0.4) is 0 Å². The molecule has 1 saturated heterocycles. The van der Waals surface area contributed by atoms with Crippen LogP contribution in [0.1, 0.15) is 17.8 Å². The SMILES string of the molecule is CN=C(NCc1cccc(C)n1)NC1CCN(c2cc(Cl)ccc2OC)C1.I. The summed E-state index contributed by atoms with van der Waals surface area (Å²) in [6.45, 7) is 4.43. The van der Waals surface area contributed by atoms with Gasteiger partial charge in [-0.2, -0.15) is 0 Å². The Labute approximate surface area is 188 Å². The highest BCUT2D eigenvalue weighted by Gasteiger charge is 2.25. The first-order chi connectivity index (χ1) is 13.1. The Bertz CT molecular complexity index is 817. The van der Waals surface area contributed by atoms with Crippen LogP contribution in [0.4, 0.5) is 5.69 Å². The molecule has 1 aliphatic rings. The van der Waals surface area contributed by atoms with Gasteiger partial charge in [0, 0.05) is 36.9 Å². The standard InChI is InChI=1S/C20H26ClN5O.HI/c1-14-5-4-6-16(24-14)12-23-20(22-2)25-17-9-10-26(13-17)18-11-15(21)7-8-19(18)27-3;/h4-8,11,17H,9-10,12-13H2,1-3H3,(H2,22,23,25);1H. The number of benzene rings is 1.